The minimum Gasteiger partial charge on any atom is -0.507 e. The monoisotopic (exact) mass is 705 g/mol. The summed E-state index contributed by atoms with van der Waals surface area (Å²) in [5.74, 6) is -5.62. The molecule has 0 radical (unpaired) electrons. The highest BCUT2D eigenvalue weighted by Gasteiger charge is 2.70. The number of amides is 4. The number of allylic oxidation sites excluding steroid dienone is 3. The first kappa shape index (κ1) is 34.0. The number of aromatic hydroxyl groups is 1. The number of imide groups is 2. The number of Topliss-reactive ketones (excluding diaryl/α,β-unsaturated/α-hetero) is 1. The van der Waals surface area contributed by atoms with Gasteiger partial charge in [-0.25, -0.2) is 0 Å². The van der Waals surface area contributed by atoms with Crippen molar-refractivity contribution in [1.29, 1.82) is 0 Å². The molecule has 0 aromatic heterocycles. The summed E-state index contributed by atoms with van der Waals surface area (Å²) in [4.78, 5) is 72.1. The number of phenols is 1. The predicted molar refractivity (Wildman–Crippen MR) is 200 cm³/mol. The summed E-state index contributed by atoms with van der Waals surface area (Å²) in [7, 11) is 0. The Labute approximate surface area is 307 Å². The fourth-order valence-corrected chi connectivity index (χ4v) is 9.36. The molecule has 4 aromatic rings. The van der Waals surface area contributed by atoms with E-state index >= 15 is 4.79 Å². The molecule has 2 aliphatic heterocycles. The molecule has 266 valence electrons. The van der Waals surface area contributed by atoms with Gasteiger partial charge in [-0.05, 0) is 86.6 Å². The number of hydrazine groups is 1. The highest BCUT2D eigenvalue weighted by atomic mass is 16.3. The Bertz CT molecular complexity index is 2230. The zero-order chi connectivity index (χ0) is 37.2. The predicted octanol–water partition coefficient (Wildman–Crippen LogP) is 6.82. The number of fused-ring (bicyclic) bond motifs is 4. The van der Waals surface area contributed by atoms with Gasteiger partial charge in [-0.2, -0.15) is 5.01 Å². The number of para-hydroxylation sites is 1. The molecule has 0 bridgehead atoms. The molecule has 2 saturated heterocycles. The SMILES string of the molecule is C=CCc1cccc([C@H]2C3=CC[C@@H]4C(=O)N(c5ccc(C(C)=O)cc5)C(=O)[C@@H]4[C@@H]3C[C@H]3C(=O)N(Nc4ccc(C)cc4)C(=O)[C@@]23c2ccccc2)c1O. The van der Waals surface area contributed by atoms with Crippen molar-refractivity contribution in [2.45, 2.75) is 44.4 Å². The molecule has 4 amide bonds. The summed E-state index contributed by atoms with van der Waals surface area (Å²) in [6.45, 7) is 7.27. The maximum Gasteiger partial charge on any atom is 0.260 e. The second kappa shape index (κ2) is 12.8. The summed E-state index contributed by atoms with van der Waals surface area (Å²) >= 11 is 0. The number of anilines is 2. The standard InChI is InChI=1S/C44H39N3O6/c1-4-9-28-10-8-13-34(39(28)49)38-32-22-23-33-37(42(52)46(40(33)50)31-20-16-27(17-21-31)26(3)48)35(32)24-36-41(51)47(45-30-18-14-25(2)15-19-30)43(53)44(36,38)29-11-6-5-7-12-29/h4-8,10-22,33,35-38,45,49H,1,9,23-24H2,2-3H3/t33-,35+,36-,37-,38+,44+/m0/s1. The van der Waals surface area contributed by atoms with E-state index in [-0.39, 0.29) is 36.2 Å². The lowest BCUT2D eigenvalue weighted by Gasteiger charge is -2.50. The number of rotatable bonds is 8. The summed E-state index contributed by atoms with van der Waals surface area (Å²) < 4.78 is 0. The molecule has 9 heteroatoms. The number of carbonyl (C=O) groups excluding carboxylic acids is 5. The number of benzene rings is 4. The van der Waals surface area contributed by atoms with Crippen LogP contribution in [0.25, 0.3) is 0 Å². The molecule has 2 heterocycles. The first-order valence-electron chi connectivity index (χ1n) is 18.0. The maximum absolute atomic E-state index is 15.3. The molecule has 1 saturated carbocycles. The molecule has 2 N–H and O–H groups in total. The molecule has 4 aliphatic rings. The van der Waals surface area contributed by atoms with E-state index in [9.17, 15) is 24.3 Å². The van der Waals surface area contributed by atoms with E-state index in [0.29, 0.717) is 40.0 Å². The molecule has 2 aliphatic carbocycles. The van der Waals surface area contributed by atoms with Crippen molar-refractivity contribution in [3.8, 4) is 5.75 Å². The normalized spacial score (nSPS) is 26.2. The fourth-order valence-electron chi connectivity index (χ4n) is 9.36. The van der Waals surface area contributed by atoms with Crippen LogP contribution < -0.4 is 10.3 Å². The Morgan fingerprint density at radius 3 is 2.28 bits per heavy atom. The van der Waals surface area contributed by atoms with E-state index in [1.165, 1.54) is 11.8 Å². The highest BCUT2D eigenvalue weighted by Crippen LogP contribution is 2.65. The third-order valence-corrected chi connectivity index (χ3v) is 11.8. The van der Waals surface area contributed by atoms with Gasteiger partial charge >= 0.3 is 0 Å². The summed E-state index contributed by atoms with van der Waals surface area (Å²) in [6, 6.07) is 28.5. The molecular weight excluding hydrogens is 666 g/mol. The lowest BCUT2D eigenvalue weighted by atomic mass is 9.49. The lowest BCUT2D eigenvalue weighted by Crippen LogP contribution is -2.53. The second-order valence-corrected chi connectivity index (χ2v) is 14.6. The Kier molecular flexibility index (Phi) is 8.24. The topological polar surface area (TPSA) is 124 Å². The van der Waals surface area contributed by atoms with Crippen LogP contribution in [0, 0.1) is 30.6 Å². The van der Waals surface area contributed by atoms with Gasteiger partial charge in [0.15, 0.2) is 5.78 Å². The van der Waals surface area contributed by atoms with Gasteiger partial charge in [-0.15, -0.1) is 6.58 Å². The van der Waals surface area contributed by atoms with Crippen LogP contribution in [0.2, 0.25) is 0 Å². The van der Waals surface area contributed by atoms with Crippen LogP contribution in [0.5, 0.6) is 5.75 Å². The molecule has 53 heavy (non-hydrogen) atoms. The number of aryl methyl sites for hydroxylation is 1. The van der Waals surface area contributed by atoms with Gasteiger partial charge in [0.1, 0.15) is 5.75 Å². The largest absolute Gasteiger partial charge is 0.507 e. The fraction of sp³-hybridized carbons (Fsp3) is 0.250. The molecular formula is C44H39N3O6. The van der Waals surface area contributed by atoms with E-state index in [1.54, 1.807) is 42.5 Å². The van der Waals surface area contributed by atoms with E-state index in [0.717, 1.165) is 16.1 Å². The van der Waals surface area contributed by atoms with Crippen LogP contribution in [0.1, 0.15) is 58.3 Å². The van der Waals surface area contributed by atoms with Crippen LogP contribution >= 0.6 is 0 Å². The Hall–Kier alpha value is -6.09. The van der Waals surface area contributed by atoms with E-state index < -0.39 is 46.8 Å². The molecule has 9 nitrogen and oxygen atoms in total. The van der Waals surface area contributed by atoms with Crippen molar-refractivity contribution in [1.82, 2.24) is 5.01 Å². The molecule has 0 unspecified atom stereocenters. The number of ketones is 1. The molecule has 6 atom stereocenters. The van der Waals surface area contributed by atoms with Crippen LogP contribution in [-0.4, -0.2) is 39.5 Å². The Balaban J connectivity index is 1.31. The number of carbonyl (C=O) groups is 5. The van der Waals surface area contributed by atoms with Gasteiger partial charge < -0.3 is 5.11 Å². The number of nitrogens with one attached hydrogen (secondary N) is 1. The van der Waals surface area contributed by atoms with Gasteiger partial charge in [0.2, 0.25) is 11.8 Å². The minimum atomic E-state index is -1.50. The molecule has 4 aromatic carbocycles. The van der Waals surface area contributed by atoms with Gasteiger partial charge in [-0.1, -0.05) is 84.0 Å². The van der Waals surface area contributed by atoms with Crippen LogP contribution in [0.4, 0.5) is 11.4 Å². The zero-order valence-electron chi connectivity index (χ0n) is 29.5. The smallest absolute Gasteiger partial charge is 0.260 e. The van der Waals surface area contributed by atoms with Gasteiger partial charge in [0, 0.05) is 17.0 Å². The average molecular weight is 706 g/mol. The van der Waals surface area contributed by atoms with Crippen molar-refractivity contribution >= 4 is 40.8 Å². The number of hydrogen-bond acceptors (Lipinski definition) is 7. The summed E-state index contributed by atoms with van der Waals surface area (Å²) in [5.41, 5.74) is 6.50. The zero-order valence-corrected chi connectivity index (χ0v) is 29.5. The van der Waals surface area contributed by atoms with Crippen molar-refractivity contribution in [2.24, 2.45) is 23.7 Å². The van der Waals surface area contributed by atoms with E-state index in [2.05, 4.69) is 12.0 Å². The number of phenolic OH excluding ortho intramolecular Hbond substituents is 1. The van der Waals surface area contributed by atoms with E-state index in [1.807, 2.05) is 73.7 Å². The molecule has 3 fully saturated rings. The molecule has 8 rings (SSSR count). The van der Waals surface area contributed by atoms with Gasteiger partial charge in [-0.3, -0.25) is 34.3 Å². The first-order chi connectivity index (χ1) is 25.6. The quantitative estimate of drug-likeness (QED) is 0.117. The van der Waals surface area contributed by atoms with Gasteiger partial charge in [0.05, 0.1) is 34.5 Å². The Morgan fingerprint density at radius 1 is 0.887 bits per heavy atom. The van der Waals surface area contributed by atoms with Crippen molar-refractivity contribution in [2.75, 3.05) is 10.3 Å². The highest BCUT2D eigenvalue weighted by molar-refractivity contribution is 6.22. The third kappa shape index (κ3) is 5.09. The van der Waals surface area contributed by atoms with Crippen molar-refractivity contribution in [3.05, 3.63) is 149 Å². The molecule has 0 spiro atoms. The maximum atomic E-state index is 15.3. The number of hydrogen-bond donors (Lipinski definition) is 2. The first-order valence-corrected chi connectivity index (χ1v) is 18.0. The lowest BCUT2D eigenvalue weighted by molar-refractivity contribution is -0.138. The van der Waals surface area contributed by atoms with Crippen LogP contribution in [-0.2, 0) is 31.0 Å². The van der Waals surface area contributed by atoms with Crippen molar-refractivity contribution < 1.29 is 29.1 Å². The summed E-state index contributed by atoms with van der Waals surface area (Å²) in [6.07, 6.45) is 4.42. The Morgan fingerprint density at radius 2 is 1.60 bits per heavy atom. The van der Waals surface area contributed by atoms with Crippen LogP contribution in [0.15, 0.2) is 121 Å². The average Bonchev–Trinajstić information content (AvgIpc) is 3.54. The third-order valence-electron chi connectivity index (χ3n) is 11.8. The van der Waals surface area contributed by atoms with Crippen molar-refractivity contribution in [3.63, 3.8) is 0 Å². The number of nitrogens with zero attached hydrogens (tertiary/aromatic N) is 2. The second-order valence-electron chi connectivity index (χ2n) is 14.6. The summed E-state index contributed by atoms with van der Waals surface area (Å²) in [5, 5.41) is 13.1. The van der Waals surface area contributed by atoms with Gasteiger partial charge in [0.25, 0.3) is 11.8 Å². The minimum absolute atomic E-state index is 0.00124. The van der Waals surface area contributed by atoms with E-state index in [4.69, 9.17) is 0 Å². The van der Waals surface area contributed by atoms with Crippen LogP contribution in [0.3, 0.4) is 0 Å².